The molecule has 0 aromatic carbocycles. The number of imide groups is 1. The highest BCUT2D eigenvalue weighted by molar-refractivity contribution is 7.99. The second-order valence-corrected chi connectivity index (χ2v) is 3.30. The number of amides is 2. The van der Waals surface area contributed by atoms with Crippen molar-refractivity contribution >= 4 is 42.2 Å². The molecule has 6 heteroatoms. The van der Waals surface area contributed by atoms with Crippen molar-refractivity contribution < 1.29 is 14.4 Å². The van der Waals surface area contributed by atoms with Crippen LogP contribution in [0.15, 0.2) is 0 Å². The second-order valence-electron chi connectivity index (χ2n) is 2.37. The van der Waals surface area contributed by atoms with Crippen molar-refractivity contribution in [3.63, 3.8) is 0 Å². The normalized spacial score (nSPS) is 20.0. The first-order valence-corrected chi connectivity index (χ1v) is 4.26. The highest BCUT2D eigenvalue weighted by atomic mass is 32.1. The SMILES string of the molecule is O=C(S)C(S)N1C(=O)CCC1=O. The number of hydrogen-bond acceptors (Lipinski definition) is 4. The van der Waals surface area contributed by atoms with Crippen molar-refractivity contribution in [3.8, 4) is 0 Å². The first kappa shape index (κ1) is 9.60. The van der Waals surface area contributed by atoms with Crippen LogP contribution >= 0.6 is 25.3 Å². The van der Waals surface area contributed by atoms with Crippen molar-refractivity contribution in [3.05, 3.63) is 0 Å². The summed E-state index contributed by atoms with van der Waals surface area (Å²) in [6.07, 6.45) is 0.327. The van der Waals surface area contributed by atoms with Crippen molar-refractivity contribution in [2.75, 3.05) is 0 Å². The van der Waals surface area contributed by atoms with E-state index in [0.29, 0.717) is 0 Å². The fourth-order valence-electron chi connectivity index (χ4n) is 0.977. The second kappa shape index (κ2) is 3.49. The molecule has 1 fully saturated rings. The summed E-state index contributed by atoms with van der Waals surface area (Å²) in [5.41, 5.74) is 0. The van der Waals surface area contributed by atoms with Gasteiger partial charge in [-0.2, -0.15) is 0 Å². The minimum Gasteiger partial charge on any atom is -0.284 e. The van der Waals surface area contributed by atoms with Crippen molar-refractivity contribution in [2.24, 2.45) is 0 Å². The molecule has 0 saturated carbocycles. The van der Waals surface area contributed by atoms with E-state index < -0.39 is 10.5 Å². The highest BCUT2D eigenvalue weighted by Crippen LogP contribution is 2.18. The minimum atomic E-state index is -1.03. The number of nitrogens with zero attached hydrogens (tertiary/aromatic N) is 1. The van der Waals surface area contributed by atoms with Gasteiger partial charge < -0.3 is 0 Å². The summed E-state index contributed by atoms with van der Waals surface area (Å²) in [4.78, 5) is 33.5. The molecule has 1 atom stereocenters. The van der Waals surface area contributed by atoms with Gasteiger partial charge in [-0.3, -0.25) is 19.3 Å². The van der Waals surface area contributed by atoms with Gasteiger partial charge in [0.1, 0.15) is 0 Å². The third-order valence-corrected chi connectivity index (χ3v) is 2.47. The largest absolute Gasteiger partial charge is 0.284 e. The molecule has 0 aliphatic carbocycles. The summed E-state index contributed by atoms with van der Waals surface area (Å²) in [7, 11) is 0. The number of rotatable bonds is 2. The van der Waals surface area contributed by atoms with Crippen LogP contribution in [0.3, 0.4) is 0 Å². The van der Waals surface area contributed by atoms with Crippen molar-refractivity contribution in [1.29, 1.82) is 0 Å². The molecule has 1 aliphatic heterocycles. The van der Waals surface area contributed by atoms with Gasteiger partial charge in [0.25, 0.3) is 0 Å². The minimum absolute atomic E-state index is 0.164. The summed E-state index contributed by atoms with van der Waals surface area (Å²) in [5.74, 6) is -0.718. The Kier molecular flexibility index (Phi) is 2.79. The van der Waals surface area contributed by atoms with Gasteiger partial charge in [-0.05, 0) is 0 Å². The van der Waals surface area contributed by atoms with Crippen molar-refractivity contribution in [2.45, 2.75) is 18.2 Å². The van der Waals surface area contributed by atoms with Crippen LogP contribution < -0.4 is 0 Å². The summed E-state index contributed by atoms with van der Waals surface area (Å²) < 4.78 is 0. The van der Waals surface area contributed by atoms with Crippen LogP contribution in [-0.4, -0.2) is 27.2 Å². The lowest BCUT2D eigenvalue weighted by Crippen LogP contribution is -2.39. The maximum Gasteiger partial charge on any atom is 0.231 e. The molecule has 0 aromatic rings. The molecule has 1 aliphatic rings. The first-order chi connectivity index (χ1) is 5.54. The van der Waals surface area contributed by atoms with Gasteiger partial charge in [-0.1, -0.05) is 0 Å². The van der Waals surface area contributed by atoms with E-state index in [2.05, 4.69) is 25.3 Å². The van der Waals surface area contributed by atoms with Gasteiger partial charge in [0.2, 0.25) is 16.9 Å². The molecule has 1 saturated heterocycles. The van der Waals surface area contributed by atoms with E-state index in [0.717, 1.165) is 4.90 Å². The van der Waals surface area contributed by atoms with E-state index >= 15 is 0 Å². The molecule has 0 bridgehead atoms. The van der Waals surface area contributed by atoms with Crippen molar-refractivity contribution in [1.82, 2.24) is 4.90 Å². The average molecular weight is 205 g/mol. The highest BCUT2D eigenvalue weighted by Gasteiger charge is 2.35. The smallest absolute Gasteiger partial charge is 0.231 e. The Labute approximate surface area is 80.1 Å². The van der Waals surface area contributed by atoms with E-state index in [1.165, 1.54) is 0 Å². The van der Waals surface area contributed by atoms with E-state index in [9.17, 15) is 14.4 Å². The van der Waals surface area contributed by atoms with Crippen LogP contribution in [-0.2, 0) is 14.4 Å². The van der Waals surface area contributed by atoms with E-state index in [1.807, 2.05) is 0 Å². The predicted molar refractivity (Wildman–Crippen MR) is 47.9 cm³/mol. The van der Waals surface area contributed by atoms with Gasteiger partial charge in [0.05, 0.1) is 0 Å². The Balaban J connectivity index is 2.79. The van der Waals surface area contributed by atoms with E-state index in [1.54, 1.807) is 0 Å². The molecule has 1 unspecified atom stereocenters. The maximum atomic E-state index is 11.0. The summed E-state index contributed by atoms with van der Waals surface area (Å²) in [5, 5.41) is -1.63. The molecule has 12 heavy (non-hydrogen) atoms. The monoisotopic (exact) mass is 205 g/mol. The van der Waals surface area contributed by atoms with Gasteiger partial charge in [-0.25, -0.2) is 0 Å². The van der Waals surface area contributed by atoms with Crippen LogP contribution in [0.25, 0.3) is 0 Å². The van der Waals surface area contributed by atoms with E-state index in [4.69, 9.17) is 0 Å². The van der Waals surface area contributed by atoms with Gasteiger partial charge >= 0.3 is 0 Å². The van der Waals surface area contributed by atoms with Crippen LogP contribution in [0.1, 0.15) is 12.8 Å². The molecule has 66 valence electrons. The predicted octanol–water partition coefficient (Wildman–Crippen LogP) is -0.152. The Morgan fingerprint density at radius 3 is 2.08 bits per heavy atom. The van der Waals surface area contributed by atoms with Gasteiger partial charge in [0, 0.05) is 12.8 Å². The molecule has 1 heterocycles. The summed E-state index contributed by atoms with van der Waals surface area (Å²) >= 11 is 7.28. The molecule has 1 rings (SSSR count). The lowest BCUT2D eigenvalue weighted by atomic mass is 10.4. The van der Waals surface area contributed by atoms with Gasteiger partial charge in [0.15, 0.2) is 5.37 Å². The zero-order chi connectivity index (χ0) is 9.30. The molecule has 4 nitrogen and oxygen atoms in total. The molecular weight excluding hydrogens is 198 g/mol. The Morgan fingerprint density at radius 2 is 1.75 bits per heavy atom. The molecule has 0 radical (unpaired) electrons. The van der Waals surface area contributed by atoms with Crippen LogP contribution in [0.2, 0.25) is 0 Å². The fourth-order valence-corrected chi connectivity index (χ4v) is 1.35. The lowest BCUT2D eigenvalue weighted by Gasteiger charge is -2.17. The van der Waals surface area contributed by atoms with Crippen LogP contribution in [0.5, 0.6) is 0 Å². The van der Waals surface area contributed by atoms with Gasteiger partial charge in [-0.15, -0.1) is 25.3 Å². The number of thiol groups is 2. The zero-order valence-corrected chi connectivity index (χ0v) is 7.85. The third kappa shape index (κ3) is 1.64. The fraction of sp³-hybridized carbons (Fsp3) is 0.500. The third-order valence-electron chi connectivity index (χ3n) is 1.56. The van der Waals surface area contributed by atoms with Crippen LogP contribution in [0, 0.1) is 0 Å². The summed E-state index contributed by atoms with van der Waals surface area (Å²) in [6.45, 7) is 0. The molecular formula is C6H7NO3S2. The van der Waals surface area contributed by atoms with E-state index in [-0.39, 0.29) is 24.7 Å². The Hall–Kier alpha value is -0.490. The zero-order valence-electron chi connectivity index (χ0n) is 6.06. The maximum absolute atomic E-state index is 11.0. The number of likely N-dealkylation sites (tertiary alicyclic amines) is 1. The lowest BCUT2D eigenvalue weighted by molar-refractivity contribution is -0.141. The topological polar surface area (TPSA) is 54.5 Å². The molecule has 0 spiro atoms. The number of carbonyl (C=O) groups excluding carboxylic acids is 3. The number of hydrogen-bond donors (Lipinski definition) is 2. The quantitative estimate of drug-likeness (QED) is 0.487. The average Bonchev–Trinajstić information content (AvgIpc) is 2.30. The van der Waals surface area contributed by atoms with Crippen LogP contribution in [0.4, 0.5) is 0 Å². The Morgan fingerprint density at radius 1 is 1.33 bits per heavy atom. The standard InChI is InChI=1S/C6H7NO3S2/c8-3-1-2-4(9)7(3)5(11)6(10)12/h5,11H,1-2H2,(H,10,12). The molecule has 0 N–H and O–H groups in total. The first-order valence-electron chi connectivity index (χ1n) is 3.30. The Bertz CT molecular complexity index is 237. The molecule has 2 amide bonds. The number of carbonyl (C=O) groups is 3. The molecule has 0 aromatic heterocycles. The summed E-state index contributed by atoms with van der Waals surface area (Å²) in [6, 6.07) is 0.